The van der Waals surface area contributed by atoms with Gasteiger partial charge >= 0.3 is 5.97 Å². The molecule has 0 amide bonds. The number of esters is 1. The van der Waals surface area contributed by atoms with Gasteiger partial charge < -0.3 is 50.0 Å². The summed E-state index contributed by atoms with van der Waals surface area (Å²) in [6, 6.07) is 0. The van der Waals surface area contributed by atoms with Gasteiger partial charge in [-0.2, -0.15) is 0 Å². The van der Waals surface area contributed by atoms with Crippen LogP contribution in [-0.4, -0.2) is 110 Å². The van der Waals surface area contributed by atoms with Crippen LogP contribution in [0.3, 0.4) is 0 Å². The highest BCUT2D eigenvalue weighted by atomic mass is 16.7. The Labute approximate surface area is 130 Å². The molecule has 2 fully saturated rings. The number of carbonyl (C=O) groups excluding carboxylic acids is 1. The van der Waals surface area contributed by atoms with Gasteiger partial charge in [0.25, 0.3) is 0 Å². The monoisotopic (exact) mass is 340 g/mol. The van der Waals surface area contributed by atoms with Gasteiger partial charge in [0, 0.05) is 0 Å². The fraction of sp³-hybridized carbons (Fsp3) is 0.917. The molecule has 0 aliphatic carbocycles. The van der Waals surface area contributed by atoms with Crippen LogP contribution in [0.2, 0.25) is 0 Å². The molecule has 7 N–H and O–H groups in total. The predicted octanol–water partition coefficient (Wildman–Crippen LogP) is -5.19. The molecule has 23 heavy (non-hydrogen) atoms. The van der Waals surface area contributed by atoms with Crippen LogP contribution >= 0.6 is 0 Å². The number of hydrogen-bond donors (Lipinski definition) is 7. The molecule has 0 saturated carbocycles. The van der Waals surface area contributed by atoms with Gasteiger partial charge in [-0.05, 0) is 0 Å². The number of aliphatic hydroxyl groups excluding tert-OH is 7. The van der Waals surface area contributed by atoms with Crippen molar-refractivity contribution in [2.75, 3.05) is 13.2 Å². The van der Waals surface area contributed by atoms with E-state index in [1.807, 2.05) is 0 Å². The fourth-order valence-electron chi connectivity index (χ4n) is 2.47. The highest BCUT2D eigenvalue weighted by molar-refractivity contribution is 5.76. The summed E-state index contributed by atoms with van der Waals surface area (Å²) in [6.07, 6.45) is -14.4. The maximum atomic E-state index is 11.3. The minimum absolute atomic E-state index is 0.681. The number of cyclic esters (lactones) is 1. The van der Waals surface area contributed by atoms with Crippen molar-refractivity contribution >= 4 is 5.97 Å². The van der Waals surface area contributed by atoms with Crippen molar-refractivity contribution in [3.05, 3.63) is 0 Å². The van der Waals surface area contributed by atoms with E-state index in [2.05, 4.69) is 4.74 Å². The summed E-state index contributed by atoms with van der Waals surface area (Å²) in [5.41, 5.74) is 0. The highest BCUT2D eigenvalue weighted by Gasteiger charge is 2.50. The molecule has 134 valence electrons. The third-order valence-corrected chi connectivity index (χ3v) is 3.86. The maximum Gasteiger partial charge on any atom is 0.338 e. The molecule has 2 heterocycles. The van der Waals surface area contributed by atoms with Gasteiger partial charge in [-0.15, -0.1) is 0 Å². The van der Waals surface area contributed by atoms with Crippen molar-refractivity contribution in [3.63, 3.8) is 0 Å². The molecule has 0 spiro atoms. The first kappa shape index (κ1) is 18.4. The van der Waals surface area contributed by atoms with Gasteiger partial charge in [-0.1, -0.05) is 0 Å². The smallest absolute Gasteiger partial charge is 0.338 e. The normalized spacial score (nSPS) is 48.1. The molecule has 0 aromatic heterocycles. The summed E-state index contributed by atoms with van der Waals surface area (Å²) in [4.78, 5) is 11.3. The van der Waals surface area contributed by atoms with E-state index >= 15 is 0 Å². The van der Waals surface area contributed by atoms with Crippen molar-refractivity contribution in [2.24, 2.45) is 0 Å². The lowest BCUT2D eigenvalue weighted by Crippen LogP contribution is -2.63. The molecule has 2 aliphatic rings. The largest absolute Gasteiger partial charge is 0.455 e. The molecule has 0 aromatic carbocycles. The van der Waals surface area contributed by atoms with Gasteiger partial charge in [0.05, 0.1) is 13.2 Å². The van der Waals surface area contributed by atoms with E-state index in [1.54, 1.807) is 0 Å². The van der Waals surface area contributed by atoms with Gasteiger partial charge in [0.2, 0.25) is 0 Å². The Hall–Kier alpha value is -0.890. The van der Waals surface area contributed by atoms with Gasteiger partial charge in [0.15, 0.2) is 18.5 Å². The average Bonchev–Trinajstić information content (AvgIpc) is 2.55. The second kappa shape index (κ2) is 7.34. The minimum Gasteiger partial charge on any atom is -0.455 e. The van der Waals surface area contributed by atoms with Crippen LogP contribution in [0.1, 0.15) is 0 Å². The SMILES string of the molecule is O=C1O[C@H](CO)[C@@H](O[C@@H]2OC(CO)[C@H](O)[C@H](O)C2O)[C@H](O)[C@H]1O. The summed E-state index contributed by atoms with van der Waals surface area (Å²) < 4.78 is 15.0. The molecular weight excluding hydrogens is 320 g/mol. The Morgan fingerprint density at radius 3 is 2.04 bits per heavy atom. The minimum atomic E-state index is -1.92. The molecule has 11 nitrogen and oxygen atoms in total. The van der Waals surface area contributed by atoms with Crippen molar-refractivity contribution in [3.8, 4) is 0 Å². The lowest BCUT2D eigenvalue weighted by Gasteiger charge is -2.43. The van der Waals surface area contributed by atoms with E-state index < -0.39 is 74.3 Å². The first-order valence-electron chi connectivity index (χ1n) is 6.95. The third kappa shape index (κ3) is 3.47. The van der Waals surface area contributed by atoms with Crippen LogP contribution < -0.4 is 0 Å². The van der Waals surface area contributed by atoms with Crippen LogP contribution in [-0.2, 0) is 19.0 Å². The molecule has 2 aliphatic heterocycles. The number of hydrogen-bond acceptors (Lipinski definition) is 11. The number of carbonyl (C=O) groups is 1. The standard InChI is InChI=1S/C12H20O11/c13-1-3-5(15)6(16)9(19)12(22-3)23-10-4(2-14)21-11(20)8(18)7(10)17/h3-10,12-19H,1-2H2/t3?,4-,5+,6+,7-,8-,9?,10-,12+/m1/s1. The van der Waals surface area contributed by atoms with Gasteiger partial charge in [-0.25, -0.2) is 4.79 Å². The summed E-state index contributed by atoms with van der Waals surface area (Å²) >= 11 is 0. The van der Waals surface area contributed by atoms with E-state index in [0.717, 1.165) is 0 Å². The average molecular weight is 340 g/mol. The second-order valence-corrected chi connectivity index (χ2v) is 5.39. The molecule has 9 atom stereocenters. The lowest BCUT2D eigenvalue weighted by atomic mass is 9.97. The topological polar surface area (TPSA) is 186 Å². The van der Waals surface area contributed by atoms with Gasteiger partial charge in [0.1, 0.15) is 36.6 Å². The van der Waals surface area contributed by atoms with Crippen LogP contribution in [0.25, 0.3) is 0 Å². The van der Waals surface area contributed by atoms with Crippen LogP contribution in [0.4, 0.5) is 0 Å². The summed E-state index contributed by atoms with van der Waals surface area (Å²) in [6.45, 7) is -1.42. The van der Waals surface area contributed by atoms with Crippen molar-refractivity contribution in [2.45, 2.75) is 55.1 Å². The molecule has 0 bridgehead atoms. The summed E-state index contributed by atoms with van der Waals surface area (Å²) in [5.74, 6) is -1.15. The third-order valence-electron chi connectivity index (χ3n) is 3.86. The Morgan fingerprint density at radius 1 is 0.870 bits per heavy atom. The fourth-order valence-corrected chi connectivity index (χ4v) is 2.47. The Balaban J connectivity index is 2.13. The second-order valence-electron chi connectivity index (χ2n) is 5.39. The quantitative estimate of drug-likeness (QED) is 0.242. The highest BCUT2D eigenvalue weighted by Crippen LogP contribution is 2.27. The number of rotatable bonds is 4. The Morgan fingerprint density at radius 2 is 1.48 bits per heavy atom. The maximum absolute atomic E-state index is 11.3. The van der Waals surface area contributed by atoms with Gasteiger partial charge in [-0.3, -0.25) is 0 Å². The molecule has 0 aromatic rings. The van der Waals surface area contributed by atoms with Crippen molar-refractivity contribution in [1.29, 1.82) is 0 Å². The van der Waals surface area contributed by atoms with Crippen molar-refractivity contribution < 1.29 is 54.8 Å². The van der Waals surface area contributed by atoms with Crippen molar-refractivity contribution in [1.82, 2.24) is 0 Å². The Bertz CT molecular complexity index is 414. The van der Waals surface area contributed by atoms with E-state index in [-0.39, 0.29) is 0 Å². The number of aliphatic hydroxyl groups is 7. The van der Waals surface area contributed by atoms with Crippen LogP contribution in [0.5, 0.6) is 0 Å². The first-order chi connectivity index (χ1) is 10.8. The zero-order valence-corrected chi connectivity index (χ0v) is 11.9. The van der Waals surface area contributed by atoms with E-state index in [4.69, 9.17) is 14.6 Å². The van der Waals surface area contributed by atoms with E-state index in [9.17, 15) is 35.4 Å². The number of ether oxygens (including phenoxy) is 3. The lowest BCUT2D eigenvalue weighted by molar-refractivity contribution is -0.331. The van der Waals surface area contributed by atoms with Crippen LogP contribution in [0.15, 0.2) is 0 Å². The molecular formula is C12H20O11. The van der Waals surface area contributed by atoms with E-state index in [1.165, 1.54) is 0 Å². The van der Waals surface area contributed by atoms with E-state index in [0.29, 0.717) is 0 Å². The molecule has 2 unspecified atom stereocenters. The zero-order chi connectivity index (χ0) is 17.3. The summed E-state index contributed by atoms with van der Waals surface area (Å²) in [7, 11) is 0. The van der Waals surface area contributed by atoms with Crippen LogP contribution in [0, 0.1) is 0 Å². The molecule has 0 radical (unpaired) electrons. The molecule has 2 rings (SSSR count). The zero-order valence-electron chi connectivity index (χ0n) is 11.9. The first-order valence-corrected chi connectivity index (χ1v) is 6.95. The predicted molar refractivity (Wildman–Crippen MR) is 67.6 cm³/mol. The Kier molecular flexibility index (Phi) is 5.89. The summed E-state index contributed by atoms with van der Waals surface area (Å²) in [5, 5.41) is 66.8. The molecule has 11 heteroatoms. The molecule has 2 saturated heterocycles.